The highest BCUT2D eigenvalue weighted by Gasteiger charge is 2.18. The molecular weight excluding hydrogens is 236 g/mol. The van der Waals surface area contributed by atoms with Crippen LogP contribution in [0.2, 0.25) is 0 Å². The fraction of sp³-hybridized carbons (Fsp3) is 0.556. The fourth-order valence-corrected chi connectivity index (χ4v) is 2.96. The van der Waals surface area contributed by atoms with Gasteiger partial charge in [-0.05, 0) is 52.4 Å². The lowest BCUT2D eigenvalue weighted by molar-refractivity contribution is 0.432. The molecule has 0 bridgehead atoms. The average Bonchev–Trinajstić information content (AvgIpc) is 2.54. The van der Waals surface area contributed by atoms with Crippen molar-refractivity contribution in [1.82, 2.24) is 0 Å². The smallest absolute Gasteiger partial charge is 0.169 e. The first-order chi connectivity index (χ1) is 5.86. The van der Waals surface area contributed by atoms with E-state index >= 15 is 0 Å². The average molecular weight is 247 g/mol. The van der Waals surface area contributed by atoms with Gasteiger partial charge in [-0.3, -0.25) is 0 Å². The van der Waals surface area contributed by atoms with Gasteiger partial charge in [-0.2, -0.15) is 11.8 Å². The van der Waals surface area contributed by atoms with Gasteiger partial charge >= 0.3 is 0 Å². The van der Waals surface area contributed by atoms with Crippen molar-refractivity contribution >= 4 is 27.7 Å². The second kappa shape index (κ2) is 3.88. The van der Waals surface area contributed by atoms with Gasteiger partial charge in [0.2, 0.25) is 0 Å². The van der Waals surface area contributed by atoms with Gasteiger partial charge in [-0.15, -0.1) is 0 Å². The maximum Gasteiger partial charge on any atom is 0.169 e. The zero-order valence-electron chi connectivity index (χ0n) is 6.75. The van der Waals surface area contributed by atoms with Crippen LogP contribution >= 0.6 is 27.7 Å². The highest BCUT2D eigenvalue weighted by Crippen LogP contribution is 2.33. The maximum atomic E-state index is 5.53. The third-order valence-corrected chi connectivity index (χ3v) is 3.69. The van der Waals surface area contributed by atoms with E-state index in [0.717, 1.165) is 10.4 Å². The summed E-state index contributed by atoms with van der Waals surface area (Å²) in [5, 5.41) is 0. The third kappa shape index (κ3) is 1.88. The third-order valence-electron chi connectivity index (χ3n) is 2.22. The predicted octanol–water partition coefficient (Wildman–Crippen LogP) is 3.65. The van der Waals surface area contributed by atoms with Crippen molar-refractivity contribution in [2.75, 3.05) is 11.5 Å². The number of hydrogen-bond acceptors (Lipinski definition) is 2. The largest absolute Gasteiger partial charge is 0.454 e. The van der Waals surface area contributed by atoms with Crippen LogP contribution in [-0.2, 0) is 0 Å². The molecule has 1 aliphatic heterocycles. The Hall–Kier alpha value is 0.110. The Morgan fingerprint density at radius 3 is 2.67 bits per heavy atom. The molecular formula is C9H11BrOS. The van der Waals surface area contributed by atoms with Crippen LogP contribution in [0.4, 0.5) is 0 Å². The molecule has 66 valence electrons. The molecule has 12 heavy (non-hydrogen) atoms. The number of rotatable bonds is 1. The van der Waals surface area contributed by atoms with E-state index in [1.165, 1.54) is 24.3 Å². The first kappa shape index (κ1) is 8.70. The van der Waals surface area contributed by atoms with E-state index in [2.05, 4.69) is 22.0 Å². The molecule has 0 radical (unpaired) electrons. The number of hydrogen-bond donors (Lipinski definition) is 0. The van der Waals surface area contributed by atoms with E-state index < -0.39 is 0 Å². The van der Waals surface area contributed by atoms with Crippen molar-refractivity contribution < 1.29 is 4.42 Å². The van der Waals surface area contributed by atoms with Crippen LogP contribution in [0.5, 0.6) is 0 Å². The minimum atomic E-state index is 0.664. The molecule has 1 nitrogen and oxygen atoms in total. The number of furan rings is 1. The Morgan fingerprint density at radius 1 is 1.33 bits per heavy atom. The molecule has 2 heterocycles. The van der Waals surface area contributed by atoms with Crippen molar-refractivity contribution in [3.63, 3.8) is 0 Å². The van der Waals surface area contributed by atoms with Gasteiger partial charge in [-0.1, -0.05) is 0 Å². The summed E-state index contributed by atoms with van der Waals surface area (Å²) < 4.78 is 6.39. The summed E-state index contributed by atoms with van der Waals surface area (Å²) in [4.78, 5) is 0. The Kier molecular flexibility index (Phi) is 2.81. The molecule has 0 saturated carbocycles. The lowest BCUT2D eigenvalue weighted by Crippen LogP contribution is -2.06. The van der Waals surface area contributed by atoms with Crippen molar-refractivity contribution in [1.29, 1.82) is 0 Å². The SMILES string of the molecule is Brc1ccc(C2CCSCC2)o1. The highest BCUT2D eigenvalue weighted by molar-refractivity contribution is 9.10. The van der Waals surface area contributed by atoms with Gasteiger partial charge in [0, 0.05) is 5.92 Å². The fourth-order valence-electron chi connectivity index (χ4n) is 1.53. The Morgan fingerprint density at radius 2 is 2.08 bits per heavy atom. The Labute approximate surface area is 85.0 Å². The summed E-state index contributed by atoms with van der Waals surface area (Å²) in [6.07, 6.45) is 2.54. The summed E-state index contributed by atoms with van der Waals surface area (Å²) in [6.45, 7) is 0. The summed E-state index contributed by atoms with van der Waals surface area (Å²) in [5.41, 5.74) is 0. The molecule has 0 atom stereocenters. The molecule has 3 heteroatoms. The van der Waals surface area contributed by atoms with Gasteiger partial charge in [0.25, 0.3) is 0 Å². The lowest BCUT2D eigenvalue weighted by atomic mass is 10.0. The summed E-state index contributed by atoms with van der Waals surface area (Å²) in [7, 11) is 0. The maximum absolute atomic E-state index is 5.53. The van der Waals surface area contributed by atoms with Gasteiger partial charge in [0.15, 0.2) is 4.67 Å². The normalized spacial score (nSPS) is 19.8. The molecule has 1 saturated heterocycles. The molecule has 0 N–H and O–H groups in total. The van der Waals surface area contributed by atoms with E-state index in [1.807, 2.05) is 17.8 Å². The molecule has 0 aromatic carbocycles. The van der Waals surface area contributed by atoms with Crippen molar-refractivity contribution in [3.05, 3.63) is 22.6 Å². The van der Waals surface area contributed by atoms with Crippen molar-refractivity contribution in [2.45, 2.75) is 18.8 Å². The highest BCUT2D eigenvalue weighted by atomic mass is 79.9. The van der Waals surface area contributed by atoms with E-state index in [9.17, 15) is 0 Å². The quantitative estimate of drug-likeness (QED) is 0.751. The van der Waals surface area contributed by atoms with Gasteiger partial charge in [0.1, 0.15) is 5.76 Å². The van der Waals surface area contributed by atoms with Crippen LogP contribution in [0.25, 0.3) is 0 Å². The molecule has 1 fully saturated rings. The lowest BCUT2D eigenvalue weighted by Gasteiger charge is -2.18. The molecule has 0 amide bonds. The van der Waals surface area contributed by atoms with Crippen LogP contribution in [0.3, 0.4) is 0 Å². The second-order valence-electron chi connectivity index (χ2n) is 3.03. The molecule has 0 aliphatic carbocycles. The van der Waals surface area contributed by atoms with Gasteiger partial charge < -0.3 is 4.42 Å². The van der Waals surface area contributed by atoms with E-state index in [0.29, 0.717) is 5.92 Å². The predicted molar refractivity (Wildman–Crippen MR) is 55.7 cm³/mol. The minimum Gasteiger partial charge on any atom is -0.454 e. The van der Waals surface area contributed by atoms with Gasteiger partial charge in [-0.25, -0.2) is 0 Å². The Bertz CT molecular complexity index is 253. The van der Waals surface area contributed by atoms with E-state index in [4.69, 9.17) is 4.42 Å². The monoisotopic (exact) mass is 246 g/mol. The summed E-state index contributed by atoms with van der Waals surface area (Å²) in [6, 6.07) is 4.07. The number of thioether (sulfide) groups is 1. The van der Waals surface area contributed by atoms with E-state index in [-0.39, 0.29) is 0 Å². The minimum absolute atomic E-state index is 0.664. The van der Waals surface area contributed by atoms with Gasteiger partial charge in [0.05, 0.1) is 0 Å². The zero-order chi connectivity index (χ0) is 8.39. The molecule has 1 aromatic rings. The first-order valence-electron chi connectivity index (χ1n) is 4.19. The van der Waals surface area contributed by atoms with Crippen LogP contribution < -0.4 is 0 Å². The zero-order valence-corrected chi connectivity index (χ0v) is 9.16. The number of halogens is 1. The van der Waals surface area contributed by atoms with Crippen LogP contribution in [-0.4, -0.2) is 11.5 Å². The van der Waals surface area contributed by atoms with Crippen LogP contribution in [0.15, 0.2) is 21.2 Å². The van der Waals surface area contributed by atoms with Crippen LogP contribution in [0, 0.1) is 0 Å². The summed E-state index contributed by atoms with van der Waals surface area (Å²) in [5.74, 6) is 4.38. The molecule has 1 aromatic heterocycles. The first-order valence-corrected chi connectivity index (χ1v) is 6.14. The Balaban J connectivity index is 2.08. The summed E-state index contributed by atoms with van der Waals surface area (Å²) >= 11 is 5.37. The van der Waals surface area contributed by atoms with Crippen LogP contribution in [0.1, 0.15) is 24.5 Å². The topological polar surface area (TPSA) is 13.1 Å². The standard InChI is InChI=1S/C9H11BrOS/c10-9-2-1-8(11-9)7-3-5-12-6-4-7/h1-2,7H,3-6H2. The van der Waals surface area contributed by atoms with Crippen molar-refractivity contribution in [2.24, 2.45) is 0 Å². The second-order valence-corrected chi connectivity index (χ2v) is 5.03. The molecule has 0 spiro atoms. The molecule has 1 aliphatic rings. The molecule has 0 unspecified atom stereocenters. The molecule has 2 rings (SSSR count). The van der Waals surface area contributed by atoms with Crippen molar-refractivity contribution in [3.8, 4) is 0 Å². The van der Waals surface area contributed by atoms with E-state index in [1.54, 1.807) is 0 Å².